The summed E-state index contributed by atoms with van der Waals surface area (Å²) < 4.78 is 50.8. The molecule has 0 atom stereocenters. The van der Waals surface area contributed by atoms with Crippen molar-refractivity contribution in [2.24, 2.45) is 0 Å². The Labute approximate surface area is 106 Å². The molecule has 60 valence electrons. The molecule has 0 aromatic rings. The summed E-state index contributed by atoms with van der Waals surface area (Å²) >= 11 is -5.25. The monoisotopic (exact) mass is 352 g/mol. The third-order valence-electron chi connectivity index (χ3n) is 0. The molecule has 0 fully saturated rings. The molecular formula is Al3LuO6. The normalized spacial score (nSPS) is 2.40. The summed E-state index contributed by atoms with van der Waals surface area (Å²) in [7, 11) is 0. The van der Waals surface area contributed by atoms with Crippen molar-refractivity contribution >= 4 is 46.5 Å². The summed E-state index contributed by atoms with van der Waals surface area (Å²) in [4.78, 5) is 0. The first-order chi connectivity index (χ1) is 4.24. The van der Waals surface area contributed by atoms with E-state index < -0.39 is 46.5 Å². The van der Waals surface area contributed by atoms with Gasteiger partial charge in [-0.25, -0.2) is 0 Å². The van der Waals surface area contributed by atoms with Crippen LogP contribution in [0.25, 0.3) is 0 Å². The zero-order chi connectivity index (χ0) is 8.12. The van der Waals surface area contributed by atoms with E-state index in [-0.39, 0.29) is 36.9 Å². The average Bonchev–Trinajstić information content (AvgIpc) is 1.70. The molecule has 0 aromatic heterocycles. The Bertz CT molecular complexity index is 49.7. The van der Waals surface area contributed by atoms with E-state index in [0.717, 1.165) is 0 Å². The molecule has 0 aliphatic carbocycles. The second-order valence-electron chi connectivity index (χ2n) is 0.289. The van der Waals surface area contributed by atoms with Crippen LogP contribution in [0.15, 0.2) is 0 Å². The Kier molecular flexibility index (Phi) is 104. The molecule has 0 saturated heterocycles. The zero-order valence-corrected chi connectivity index (χ0v) is 9.56. The minimum atomic E-state index is -1.75. The van der Waals surface area contributed by atoms with Crippen LogP contribution >= 0.6 is 0 Å². The second-order valence-corrected chi connectivity index (χ2v) is 0.866. The van der Waals surface area contributed by atoms with Crippen LogP contribution in [0, 0.1) is 36.9 Å². The molecule has 0 spiro atoms. The summed E-state index contributed by atoms with van der Waals surface area (Å²) in [6.07, 6.45) is 0. The van der Waals surface area contributed by atoms with Crippen molar-refractivity contribution in [2.75, 3.05) is 0 Å². The van der Waals surface area contributed by atoms with Crippen molar-refractivity contribution in [3.63, 3.8) is 0 Å². The Morgan fingerprint density at radius 1 is 0.700 bits per heavy atom. The van der Waals surface area contributed by atoms with Crippen LogP contribution in [-0.2, 0) is 11.4 Å². The summed E-state index contributed by atoms with van der Waals surface area (Å²) in [5.74, 6) is 0. The van der Waals surface area contributed by atoms with Gasteiger partial charge in [0.2, 0.25) is 0 Å². The third-order valence-corrected chi connectivity index (χ3v) is 0. The molecule has 0 radical (unpaired) electrons. The SMILES string of the molecule is [Lu+3].[O]=[Al][O-].[O]=[Al][O-].[O]=[Al][O-]. The predicted octanol–water partition coefficient (Wildman–Crippen LogP) is -5.07. The van der Waals surface area contributed by atoms with E-state index in [4.69, 9.17) is 23.9 Å². The van der Waals surface area contributed by atoms with Crippen LogP contribution in [0.4, 0.5) is 0 Å². The van der Waals surface area contributed by atoms with Gasteiger partial charge in [-0.3, -0.25) is 0 Å². The molecule has 0 rings (SSSR count). The quantitative estimate of drug-likeness (QED) is 0.403. The van der Waals surface area contributed by atoms with Crippen LogP contribution in [0.2, 0.25) is 0 Å². The van der Waals surface area contributed by atoms with Gasteiger partial charge in [-0.1, -0.05) is 0 Å². The van der Waals surface area contributed by atoms with Gasteiger partial charge in [0.25, 0.3) is 0 Å². The molecule has 0 heterocycles. The summed E-state index contributed by atoms with van der Waals surface area (Å²) in [6.45, 7) is 0. The van der Waals surface area contributed by atoms with Gasteiger partial charge >= 0.3 is 107 Å². The molecular weight excluding hydrogens is 352 g/mol. The van der Waals surface area contributed by atoms with Gasteiger partial charge in [-0.2, -0.15) is 0 Å². The fraction of sp³-hybridized carbons (Fsp3) is 0. The fourth-order valence-electron chi connectivity index (χ4n) is 0. The van der Waals surface area contributed by atoms with Crippen LogP contribution in [-0.4, -0.2) is 46.5 Å². The summed E-state index contributed by atoms with van der Waals surface area (Å²) in [5, 5.41) is 0. The molecule has 10 heteroatoms. The van der Waals surface area contributed by atoms with Crippen molar-refractivity contribution in [1.29, 1.82) is 0 Å². The maximum absolute atomic E-state index is 8.46. The number of hydrogen-bond donors (Lipinski definition) is 0. The second kappa shape index (κ2) is 46.0. The predicted molar refractivity (Wildman–Crippen MR) is 19.3 cm³/mol. The topological polar surface area (TPSA) is 120 Å². The standard InChI is InChI=1S/3Al.Lu.6O/q;;;+3;;;;3*-1. The van der Waals surface area contributed by atoms with Gasteiger partial charge in [-0.05, 0) is 0 Å². The molecule has 0 aromatic carbocycles. The zero-order valence-electron chi connectivity index (χ0n) is 4.44. The van der Waals surface area contributed by atoms with Gasteiger partial charge in [-0.15, -0.1) is 0 Å². The molecule has 0 saturated carbocycles. The van der Waals surface area contributed by atoms with Crippen molar-refractivity contribution < 1.29 is 60.8 Å². The number of rotatable bonds is 0. The minimum absolute atomic E-state index is 0. The van der Waals surface area contributed by atoms with Crippen LogP contribution < -0.4 is 12.5 Å². The Balaban J connectivity index is -0.0000000257. The molecule has 0 aliphatic heterocycles. The Morgan fingerprint density at radius 3 is 0.700 bits per heavy atom. The van der Waals surface area contributed by atoms with Crippen LogP contribution in [0.3, 0.4) is 0 Å². The molecule has 0 N–H and O–H groups in total. The van der Waals surface area contributed by atoms with E-state index in [2.05, 4.69) is 0 Å². The first-order valence-electron chi connectivity index (χ1n) is 1.41. The molecule has 0 amide bonds. The molecule has 0 bridgehead atoms. The van der Waals surface area contributed by atoms with Crippen molar-refractivity contribution in [1.82, 2.24) is 0 Å². The summed E-state index contributed by atoms with van der Waals surface area (Å²) in [6, 6.07) is 0. The maximum atomic E-state index is 8.46. The van der Waals surface area contributed by atoms with Crippen molar-refractivity contribution in [2.45, 2.75) is 0 Å². The van der Waals surface area contributed by atoms with E-state index in [0.29, 0.717) is 0 Å². The van der Waals surface area contributed by atoms with Crippen molar-refractivity contribution in [3.05, 3.63) is 0 Å². The van der Waals surface area contributed by atoms with E-state index in [1.807, 2.05) is 0 Å². The number of hydrogen-bond acceptors (Lipinski definition) is 6. The van der Waals surface area contributed by atoms with Gasteiger partial charge in [0.05, 0.1) is 0 Å². The first-order valence-corrected chi connectivity index (χ1v) is 4.24. The van der Waals surface area contributed by atoms with E-state index >= 15 is 0 Å². The van der Waals surface area contributed by atoms with Crippen molar-refractivity contribution in [3.8, 4) is 0 Å². The average molecular weight is 352 g/mol. The third kappa shape index (κ3) is 270. The first kappa shape index (κ1) is 22.6. The molecule has 0 aliphatic rings. The molecule has 6 nitrogen and oxygen atoms in total. The Hall–Kier alpha value is 1.63. The van der Waals surface area contributed by atoms with Gasteiger partial charge < -0.3 is 0 Å². The van der Waals surface area contributed by atoms with Crippen LogP contribution in [0.1, 0.15) is 0 Å². The van der Waals surface area contributed by atoms with E-state index in [9.17, 15) is 0 Å². The van der Waals surface area contributed by atoms with E-state index in [1.165, 1.54) is 0 Å². The summed E-state index contributed by atoms with van der Waals surface area (Å²) in [5.41, 5.74) is 0. The van der Waals surface area contributed by atoms with Gasteiger partial charge in [0.1, 0.15) is 0 Å². The Morgan fingerprint density at radius 2 is 0.700 bits per heavy atom. The fourth-order valence-corrected chi connectivity index (χ4v) is 0. The molecule has 0 unspecified atom stereocenters. The van der Waals surface area contributed by atoms with Gasteiger partial charge in [0, 0.05) is 0 Å². The van der Waals surface area contributed by atoms with Crippen LogP contribution in [0.5, 0.6) is 0 Å². The van der Waals surface area contributed by atoms with Gasteiger partial charge in [0.15, 0.2) is 0 Å². The van der Waals surface area contributed by atoms with E-state index in [1.54, 1.807) is 0 Å². The molecule has 10 heavy (non-hydrogen) atoms.